The van der Waals surface area contributed by atoms with Gasteiger partial charge in [0.15, 0.2) is 0 Å². The Morgan fingerprint density at radius 3 is 2.39 bits per heavy atom. The Bertz CT molecular complexity index is 1080. The second kappa shape index (κ2) is 11.4. The van der Waals surface area contributed by atoms with Crippen molar-refractivity contribution in [3.05, 3.63) is 59.1 Å². The van der Waals surface area contributed by atoms with Crippen LogP contribution in [0.1, 0.15) is 41.8 Å². The number of aliphatic hydroxyl groups is 1. The standard InChI is InChI=1S/C16H17F3N2.C6H8F2N2.CH4O/c1-21-10-14(11-3-2-7-20-8-6-11)13-9-12(16(17,18)19)4-5-15(13)21;1-4-3-9-10(5(4)2)6(7)8;1-2/h4-6,9-10,20H,2-3,7-8H2,1H3;3,6H,1-2H3;2H,1H3. The van der Waals surface area contributed by atoms with Gasteiger partial charge in [0.05, 0.1) is 11.8 Å². The lowest BCUT2D eigenvalue weighted by Gasteiger charge is -2.08. The smallest absolute Gasteiger partial charge is 0.400 e. The van der Waals surface area contributed by atoms with Crippen LogP contribution >= 0.6 is 0 Å². The Morgan fingerprint density at radius 2 is 1.85 bits per heavy atom. The highest BCUT2D eigenvalue weighted by Crippen LogP contribution is 2.35. The first-order chi connectivity index (χ1) is 15.6. The molecule has 0 saturated heterocycles. The van der Waals surface area contributed by atoms with E-state index < -0.39 is 18.3 Å². The van der Waals surface area contributed by atoms with Gasteiger partial charge in [-0.3, -0.25) is 0 Å². The average Bonchev–Trinajstić information content (AvgIpc) is 3.15. The molecule has 0 aliphatic carbocycles. The summed E-state index contributed by atoms with van der Waals surface area (Å²) in [7, 11) is 2.87. The lowest BCUT2D eigenvalue weighted by Crippen LogP contribution is -2.12. The van der Waals surface area contributed by atoms with Gasteiger partial charge in [-0.05, 0) is 62.6 Å². The number of aliphatic hydroxyl groups excluding tert-OH is 1. The summed E-state index contributed by atoms with van der Waals surface area (Å²) in [5, 5.41) is 14.4. The van der Waals surface area contributed by atoms with E-state index in [1.165, 1.54) is 12.3 Å². The number of hydrogen-bond donors (Lipinski definition) is 2. The third-order valence-corrected chi connectivity index (χ3v) is 5.43. The lowest BCUT2D eigenvalue weighted by atomic mass is 9.99. The molecule has 0 radical (unpaired) electrons. The molecule has 2 aromatic heterocycles. The van der Waals surface area contributed by atoms with E-state index in [1.807, 2.05) is 17.8 Å². The molecular weight excluding hydrogens is 443 g/mol. The number of fused-ring (bicyclic) bond motifs is 1. The van der Waals surface area contributed by atoms with Crippen molar-refractivity contribution in [1.29, 1.82) is 0 Å². The number of aryl methyl sites for hydroxylation is 2. The van der Waals surface area contributed by atoms with Crippen molar-refractivity contribution in [2.24, 2.45) is 7.05 Å². The van der Waals surface area contributed by atoms with Gasteiger partial charge in [-0.2, -0.15) is 27.1 Å². The summed E-state index contributed by atoms with van der Waals surface area (Å²) < 4.78 is 65.3. The van der Waals surface area contributed by atoms with Gasteiger partial charge >= 0.3 is 12.7 Å². The molecule has 0 unspecified atom stereocenters. The summed E-state index contributed by atoms with van der Waals surface area (Å²) in [6, 6.07) is 3.97. The van der Waals surface area contributed by atoms with Crippen LogP contribution in [0.3, 0.4) is 0 Å². The van der Waals surface area contributed by atoms with Gasteiger partial charge in [0.2, 0.25) is 0 Å². The maximum Gasteiger partial charge on any atom is 0.416 e. The van der Waals surface area contributed by atoms with Crippen molar-refractivity contribution in [3.63, 3.8) is 0 Å². The van der Waals surface area contributed by atoms with E-state index in [1.54, 1.807) is 19.9 Å². The summed E-state index contributed by atoms with van der Waals surface area (Å²) in [4.78, 5) is 0. The van der Waals surface area contributed by atoms with Crippen LogP contribution in [0.25, 0.3) is 16.5 Å². The average molecular weight is 473 g/mol. The molecule has 0 spiro atoms. The fourth-order valence-corrected chi connectivity index (χ4v) is 3.58. The fourth-order valence-electron chi connectivity index (χ4n) is 3.58. The number of rotatable bonds is 2. The minimum atomic E-state index is -4.30. The van der Waals surface area contributed by atoms with Gasteiger partial charge < -0.3 is 15.0 Å². The summed E-state index contributed by atoms with van der Waals surface area (Å²) in [5.41, 5.74) is 3.61. The quantitative estimate of drug-likeness (QED) is 0.487. The monoisotopic (exact) mass is 472 g/mol. The third kappa shape index (κ3) is 6.42. The Kier molecular flexibility index (Phi) is 9.18. The van der Waals surface area contributed by atoms with Crippen molar-refractivity contribution >= 4 is 16.5 Å². The topological polar surface area (TPSA) is 55.0 Å². The maximum absolute atomic E-state index is 12.9. The molecule has 1 aromatic carbocycles. The highest BCUT2D eigenvalue weighted by molar-refractivity contribution is 5.93. The number of nitrogens with one attached hydrogen (secondary N) is 1. The number of hydrogen-bond acceptors (Lipinski definition) is 3. The molecule has 1 aliphatic rings. The SMILES string of the molecule is CO.Cc1cnn(C(F)F)c1C.Cn1cc(C2=CCNCCC2)c2cc(C(F)(F)F)ccc21. The first kappa shape index (κ1) is 26.5. The van der Waals surface area contributed by atoms with Crippen LogP contribution < -0.4 is 5.32 Å². The Balaban J connectivity index is 0.000000270. The second-order valence-corrected chi connectivity index (χ2v) is 7.56. The molecule has 182 valence electrons. The van der Waals surface area contributed by atoms with Crippen molar-refractivity contribution in [2.75, 3.05) is 20.2 Å². The van der Waals surface area contributed by atoms with Crippen molar-refractivity contribution in [3.8, 4) is 0 Å². The molecular formula is C23H29F5N4O. The number of aromatic nitrogens is 3. The van der Waals surface area contributed by atoms with Crippen LogP contribution in [0.15, 0.2) is 36.7 Å². The van der Waals surface area contributed by atoms with Gasteiger partial charge in [-0.1, -0.05) is 6.08 Å². The predicted octanol–water partition coefficient (Wildman–Crippen LogP) is 5.47. The first-order valence-electron chi connectivity index (χ1n) is 10.4. The van der Waals surface area contributed by atoms with E-state index in [2.05, 4.69) is 16.5 Å². The van der Waals surface area contributed by atoms with Gasteiger partial charge in [-0.25, -0.2) is 4.68 Å². The number of halogens is 5. The highest BCUT2D eigenvalue weighted by Gasteiger charge is 2.31. The summed E-state index contributed by atoms with van der Waals surface area (Å²) in [5.74, 6) is 0. The van der Waals surface area contributed by atoms with Gasteiger partial charge in [0, 0.05) is 49.1 Å². The molecule has 3 aromatic rings. The first-order valence-corrected chi connectivity index (χ1v) is 10.4. The Labute approximate surface area is 189 Å². The van der Waals surface area contributed by atoms with Gasteiger partial charge in [0.25, 0.3) is 0 Å². The van der Waals surface area contributed by atoms with Crippen LogP contribution in [0, 0.1) is 13.8 Å². The van der Waals surface area contributed by atoms with Crippen molar-refractivity contribution < 1.29 is 27.1 Å². The van der Waals surface area contributed by atoms with Crippen LogP contribution in [-0.2, 0) is 13.2 Å². The van der Waals surface area contributed by atoms with Crippen LogP contribution in [-0.4, -0.2) is 39.7 Å². The molecule has 5 nitrogen and oxygen atoms in total. The molecule has 10 heteroatoms. The molecule has 1 aliphatic heterocycles. The third-order valence-electron chi connectivity index (χ3n) is 5.43. The highest BCUT2D eigenvalue weighted by atomic mass is 19.4. The molecule has 0 saturated carbocycles. The van der Waals surface area contributed by atoms with Gasteiger partial charge in [-0.15, -0.1) is 0 Å². The predicted molar refractivity (Wildman–Crippen MR) is 119 cm³/mol. The lowest BCUT2D eigenvalue weighted by molar-refractivity contribution is -0.137. The van der Waals surface area contributed by atoms with Crippen LogP contribution in [0.2, 0.25) is 0 Å². The van der Waals surface area contributed by atoms with Gasteiger partial charge in [0.1, 0.15) is 0 Å². The zero-order valence-corrected chi connectivity index (χ0v) is 19.0. The number of allylic oxidation sites excluding steroid dienone is 1. The summed E-state index contributed by atoms with van der Waals surface area (Å²) >= 11 is 0. The minimum Gasteiger partial charge on any atom is -0.400 e. The zero-order chi connectivity index (χ0) is 24.8. The normalized spacial score (nSPS) is 14.2. The molecule has 0 fully saturated rings. The largest absolute Gasteiger partial charge is 0.416 e. The van der Waals surface area contributed by atoms with E-state index in [9.17, 15) is 22.0 Å². The van der Waals surface area contributed by atoms with E-state index in [0.29, 0.717) is 15.8 Å². The molecule has 4 rings (SSSR count). The zero-order valence-electron chi connectivity index (χ0n) is 19.0. The van der Waals surface area contributed by atoms with Crippen molar-refractivity contribution in [2.45, 2.75) is 39.4 Å². The van der Waals surface area contributed by atoms with E-state index in [4.69, 9.17) is 5.11 Å². The number of nitrogens with zero attached hydrogens (tertiary/aromatic N) is 3. The number of alkyl halides is 5. The van der Waals surface area contributed by atoms with Crippen LogP contribution in [0.5, 0.6) is 0 Å². The summed E-state index contributed by atoms with van der Waals surface area (Å²) in [6.45, 7) is 2.56. The summed E-state index contributed by atoms with van der Waals surface area (Å²) in [6.07, 6.45) is 3.04. The van der Waals surface area contributed by atoms with E-state index in [-0.39, 0.29) is 0 Å². The molecule has 0 bridgehead atoms. The second-order valence-electron chi connectivity index (χ2n) is 7.56. The maximum atomic E-state index is 12.9. The van der Waals surface area contributed by atoms with Crippen LogP contribution in [0.4, 0.5) is 22.0 Å². The minimum absolute atomic E-state index is 0.523. The fraction of sp³-hybridized carbons (Fsp3) is 0.435. The Hall–Kier alpha value is -2.72. The van der Waals surface area contributed by atoms with E-state index in [0.717, 1.165) is 61.3 Å². The molecule has 0 amide bonds. The molecule has 3 heterocycles. The molecule has 33 heavy (non-hydrogen) atoms. The molecule has 0 atom stereocenters. The number of benzene rings is 1. The van der Waals surface area contributed by atoms with Crippen molar-refractivity contribution in [1.82, 2.24) is 19.7 Å². The van der Waals surface area contributed by atoms with E-state index >= 15 is 0 Å². The molecule has 2 N–H and O–H groups in total. The Morgan fingerprint density at radius 1 is 1.15 bits per heavy atom.